The highest BCUT2D eigenvalue weighted by molar-refractivity contribution is 9.10. The Morgan fingerprint density at radius 2 is 2.15 bits per heavy atom. The quantitative estimate of drug-likeness (QED) is 0.824. The number of thiophene rings is 1. The van der Waals surface area contributed by atoms with Crippen LogP contribution >= 0.6 is 38.9 Å². The molecule has 1 heterocycles. The number of hydrogen-bond donors (Lipinski definition) is 1. The molecule has 1 aromatic carbocycles. The summed E-state index contributed by atoms with van der Waals surface area (Å²) in [6.07, 6.45) is 0. The van der Waals surface area contributed by atoms with Gasteiger partial charge < -0.3 is 10.1 Å². The largest absolute Gasteiger partial charge is 0.451 e. The van der Waals surface area contributed by atoms with Crippen molar-refractivity contribution >= 4 is 56.4 Å². The summed E-state index contributed by atoms with van der Waals surface area (Å²) in [5.74, 6) is -0.933. The first kappa shape index (κ1) is 15.0. The van der Waals surface area contributed by atoms with Crippen molar-refractivity contribution in [2.24, 2.45) is 0 Å². The minimum atomic E-state index is -0.510. The fourth-order valence-electron chi connectivity index (χ4n) is 1.37. The molecule has 0 bridgehead atoms. The van der Waals surface area contributed by atoms with E-state index in [-0.39, 0.29) is 6.61 Å². The fourth-order valence-corrected chi connectivity index (χ4v) is 2.41. The van der Waals surface area contributed by atoms with Gasteiger partial charge in [-0.3, -0.25) is 4.79 Å². The normalized spacial score (nSPS) is 10.1. The van der Waals surface area contributed by atoms with E-state index in [9.17, 15) is 9.59 Å². The molecule has 20 heavy (non-hydrogen) atoms. The first-order valence-corrected chi connectivity index (χ1v) is 7.57. The Hall–Kier alpha value is -1.37. The molecule has 0 aliphatic heterocycles. The van der Waals surface area contributed by atoms with E-state index in [2.05, 4.69) is 21.2 Å². The van der Waals surface area contributed by atoms with Crippen LogP contribution in [0.25, 0.3) is 0 Å². The van der Waals surface area contributed by atoms with Gasteiger partial charge in [-0.05, 0) is 45.6 Å². The molecule has 0 saturated heterocycles. The highest BCUT2D eigenvalue weighted by atomic mass is 79.9. The minimum Gasteiger partial charge on any atom is -0.451 e. The minimum absolute atomic E-state index is 0.343. The lowest BCUT2D eigenvalue weighted by Crippen LogP contribution is -2.20. The van der Waals surface area contributed by atoms with Gasteiger partial charge in [-0.15, -0.1) is 11.3 Å². The Labute approximate surface area is 132 Å². The van der Waals surface area contributed by atoms with E-state index in [0.717, 1.165) is 4.47 Å². The second-order valence-corrected chi connectivity index (χ2v) is 5.94. The van der Waals surface area contributed by atoms with E-state index in [1.807, 2.05) is 0 Å². The summed E-state index contributed by atoms with van der Waals surface area (Å²) < 4.78 is 5.63. The Kier molecular flexibility index (Phi) is 5.17. The molecule has 1 aromatic heterocycles. The van der Waals surface area contributed by atoms with Crippen molar-refractivity contribution in [1.29, 1.82) is 0 Å². The Balaban J connectivity index is 1.86. The van der Waals surface area contributed by atoms with Gasteiger partial charge in [0, 0.05) is 10.2 Å². The number of ether oxygens (including phenoxy) is 1. The maximum atomic E-state index is 11.6. The summed E-state index contributed by atoms with van der Waals surface area (Å²) in [5.41, 5.74) is 0.537. The third kappa shape index (κ3) is 4.06. The number of carbonyl (C=O) groups is 2. The summed E-state index contributed by atoms with van der Waals surface area (Å²) in [6.45, 7) is -0.343. The van der Waals surface area contributed by atoms with Gasteiger partial charge in [0.1, 0.15) is 4.88 Å². The Morgan fingerprint density at radius 3 is 2.80 bits per heavy atom. The molecule has 1 N–H and O–H groups in total. The lowest BCUT2D eigenvalue weighted by molar-refractivity contribution is -0.119. The fraction of sp³-hybridized carbons (Fsp3) is 0.0769. The first-order chi connectivity index (χ1) is 9.56. The number of amides is 1. The number of hydrogen-bond acceptors (Lipinski definition) is 4. The van der Waals surface area contributed by atoms with Gasteiger partial charge in [-0.2, -0.15) is 0 Å². The van der Waals surface area contributed by atoms with Crippen molar-refractivity contribution in [3.8, 4) is 0 Å². The molecule has 1 amide bonds. The van der Waals surface area contributed by atoms with Crippen LogP contribution in [-0.4, -0.2) is 18.5 Å². The van der Waals surface area contributed by atoms with Gasteiger partial charge in [0.15, 0.2) is 6.61 Å². The van der Waals surface area contributed by atoms with Crippen molar-refractivity contribution in [3.05, 3.63) is 50.1 Å². The van der Waals surface area contributed by atoms with E-state index < -0.39 is 11.9 Å². The highest BCUT2D eigenvalue weighted by Gasteiger charge is 2.11. The molecular formula is C13H9BrClNO3S. The van der Waals surface area contributed by atoms with Crippen molar-refractivity contribution in [3.63, 3.8) is 0 Å². The van der Waals surface area contributed by atoms with Crippen LogP contribution in [0.1, 0.15) is 9.67 Å². The van der Waals surface area contributed by atoms with E-state index in [4.69, 9.17) is 16.3 Å². The number of anilines is 1. The SMILES string of the molecule is O=C(COC(=O)c1cccs1)Nc1ccc(Br)c(Cl)c1. The van der Waals surface area contributed by atoms with Gasteiger partial charge >= 0.3 is 5.97 Å². The lowest BCUT2D eigenvalue weighted by Gasteiger charge is -2.07. The van der Waals surface area contributed by atoms with Gasteiger partial charge in [0.05, 0.1) is 5.02 Å². The molecule has 0 saturated carbocycles. The molecule has 0 aliphatic carbocycles. The van der Waals surface area contributed by atoms with Crippen molar-refractivity contribution < 1.29 is 14.3 Å². The number of esters is 1. The van der Waals surface area contributed by atoms with Crippen LogP contribution in [0, 0.1) is 0 Å². The van der Waals surface area contributed by atoms with Crippen LogP contribution in [0.5, 0.6) is 0 Å². The van der Waals surface area contributed by atoms with Gasteiger partial charge in [0.25, 0.3) is 5.91 Å². The maximum absolute atomic E-state index is 11.6. The molecule has 2 rings (SSSR count). The molecule has 4 nitrogen and oxygen atoms in total. The second-order valence-electron chi connectivity index (χ2n) is 3.73. The number of benzene rings is 1. The number of carbonyl (C=O) groups excluding carboxylic acids is 2. The van der Waals surface area contributed by atoms with Gasteiger partial charge in [0.2, 0.25) is 0 Å². The molecule has 0 atom stereocenters. The van der Waals surface area contributed by atoms with Crippen LogP contribution < -0.4 is 5.32 Å². The standard InChI is InChI=1S/C13H9BrClNO3S/c14-9-4-3-8(6-10(9)15)16-12(17)7-19-13(18)11-2-1-5-20-11/h1-6H,7H2,(H,16,17). The molecule has 0 radical (unpaired) electrons. The highest BCUT2D eigenvalue weighted by Crippen LogP contribution is 2.25. The average Bonchev–Trinajstić information content (AvgIpc) is 2.94. The predicted molar refractivity (Wildman–Crippen MR) is 82.4 cm³/mol. The monoisotopic (exact) mass is 373 g/mol. The van der Waals surface area contributed by atoms with Crippen LogP contribution in [0.2, 0.25) is 5.02 Å². The molecule has 0 aliphatic rings. The number of rotatable bonds is 4. The van der Waals surface area contributed by atoms with Crippen LogP contribution in [0.4, 0.5) is 5.69 Å². The lowest BCUT2D eigenvalue weighted by atomic mass is 10.3. The van der Waals surface area contributed by atoms with Gasteiger partial charge in [-0.1, -0.05) is 17.7 Å². The van der Waals surface area contributed by atoms with Crippen LogP contribution in [0.3, 0.4) is 0 Å². The summed E-state index contributed by atoms with van der Waals surface area (Å²) in [5, 5.41) is 4.84. The molecule has 0 fully saturated rings. The zero-order valence-corrected chi connectivity index (χ0v) is 13.2. The smallest absolute Gasteiger partial charge is 0.348 e. The zero-order chi connectivity index (χ0) is 14.5. The van der Waals surface area contributed by atoms with Crippen molar-refractivity contribution in [2.45, 2.75) is 0 Å². The van der Waals surface area contributed by atoms with E-state index in [1.54, 1.807) is 35.7 Å². The van der Waals surface area contributed by atoms with Crippen LogP contribution in [-0.2, 0) is 9.53 Å². The molecule has 104 valence electrons. The third-order valence-corrected chi connectivity index (χ3v) is 4.34. The first-order valence-electron chi connectivity index (χ1n) is 5.52. The van der Waals surface area contributed by atoms with Gasteiger partial charge in [-0.25, -0.2) is 4.79 Å². The third-order valence-electron chi connectivity index (χ3n) is 2.26. The van der Waals surface area contributed by atoms with Crippen molar-refractivity contribution in [1.82, 2.24) is 0 Å². The molecule has 2 aromatic rings. The maximum Gasteiger partial charge on any atom is 0.348 e. The second kappa shape index (κ2) is 6.88. The van der Waals surface area contributed by atoms with Crippen LogP contribution in [0.15, 0.2) is 40.2 Å². The van der Waals surface area contributed by atoms with E-state index in [1.165, 1.54) is 11.3 Å². The number of nitrogens with one attached hydrogen (secondary N) is 1. The topological polar surface area (TPSA) is 55.4 Å². The molecule has 0 unspecified atom stereocenters. The summed E-state index contributed by atoms with van der Waals surface area (Å²) in [7, 11) is 0. The number of halogens is 2. The predicted octanol–water partition coefficient (Wildman–Crippen LogP) is 3.96. The summed E-state index contributed by atoms with van der Waals surface area (Å²) in [6, 6.07) is 8.39. The van der Waals surface area contributed by atoms with Crippen molar-refractivity contribution in [2.75, 3.05) is 11.9 Å². The summed E-state index contributed by atoms with van der Waals surface area (Å²) in [4.78, 5) is 23.6. The zero-order valence-electron chi connectivity index (χ0n) is 10.1. The Bertz CT molecular complexity index is 631. The molecular weight excluding hydrogens is 366 g/mol. The average molecular weight is 375 g/mol. The molecule has 0 spiro atoms. The molecule has 7 heteroatoms. The van der Waals surface area contributed by atoms with E-state index >= 15 is 0 Å². The summed E-state index contributed by atoms with van der Waals surface area (Å²) >= 11 is 10.4. The Morgan fingerprint density at radius 1 is 1.35 bits per heavy atom. The van der Waals surface area contributed by atoms with E-state index in [0.29, 0.717) is 15.6 Å².